The fourth-order valence-electron chi connectivity index (χ4n) is 2.94. The molecule has 1 aliphatic heterocycles. The van der Waals surface area contributed by atoms with Crippen LogP contribution in [0.3, 0.4) is 0 Å². The van der Waals surface area contributed by atoms with Crippen molar-refractivity contribution in [3.8, 4) is 11.5 Å². The van der Waals surface area contributed by atoms with Crippen molar-refractivity contribution in [3.63, 3.8) is 0 Å². The van der Waals surface area contributed by atoms with Gasteiger partial charge in [0.2, 0.25) is 0 Å². The molecule has 1 aromatic heterocycles. The van der Waals surface area contributed by atoms with Gasteiger partial charge in [-0.2, -0.15) is 13.2 Å². The first kappa shape index (κ1) is 19.8. The third-order valence-electron chi connectivity index (χ3n) is 4.36. The molecule has 1 unspecified atom stereocenters. The predicted molar refractivity (Wildman–Crippen MR) is 96.5 cm³/mol. The van der Waals surface area contributed by atoms with E-state index in [0.29, 0.717) is 36.8 Å². The van der Waals surface area contributed by atoms with Crippen LogP contribution < -0.4 is 19.7 Å². The maximum Gasteiger partial charge on any atom is 0.417 e. The first-order valence-electron chi connectivity index (χ1n) is 8.69. The Kier molecular flexibility index (Phi) is 5.91. The van der Waals surface area contributed by atoms with Crippen molar-refractivity contribution >= 4 is 11.7 Å². The third-order valence-corrected chi connectivity index (χ3v) is 4.36. The van der Waals surface area contributed by atoms with Gasteiger partial charge in [-0.25, -0.2) is 4.98 Å². The normalized spacial score (nSPS) is 16.7. The summed E-state index contributed by atoms with van der Waals surface area (Å²) >= 11 is 0. The van der Waals surface area contributed by atoms with E-state index >= 15 is 0 Å². The van der Waals surface area contributed by atoms with Crippen LogP contribution in [0.2, 0.25) is 0 Å². The van der Waals surface area contributed by atoms with Gasteiger partial charge in [0, 0.05) is 31.4 Å². The minimum absolute atomic E-state index is 0.120. The number of amides is 1. The fraction of sp³-hybridized carbons (Fsp3) is 0.368. The molecule has 2 heterocycles. The van der Waals surface area contributed by atoms with Gasteiger partial charge in [-0.05, 0) is 30.7 Å². The van der Waals surface area contributed by atoms with Crippen LogP contribution >= 0.6 is 0 Å². The molecule has 1 aliphatic rings. The van der Waals surface area contributed by atoms with Crippen molar-refractivity contribution in [2.45, 2.75) is 18.6 Å². The molecule has 1 fully saturated rings. The van der Waals surface area contributed by atoms with Gasteiger partial charge < -0.3 is 19.7 Å². The number of halogens is 3. The van der Waals surface area contributed by atoms with Crippen LogP contribution in [0.4, 0.5) is 19.0 Å². The molecule has 0 saturated carbocycles. The first-order valence-corrected chi connectivity index (χ1v) is 8.69. The quantitative estimate of drug-likeness (QED) is 0.815. The lowest BCUT2D eigenvalue weighted by Crippen LogP contribution is -2.39. The number of pyridine rings is 1. The Morgan fingerprint density at radius 2 is 2.07 bits per heavy atom. The van der Waals surface area contributed by atoms with Gasteiger partial charge in [-0.1, -0.05) is 6.07 Å². The topological polar surface area (TPSA) is 63.7 Å². The van der Waals surface area contributed by atoms with E-state index in [1.54, 1.807) is 31.4 Å². The van der Waals surface area contributed by atoms with Crippen molar-refractivity contribution < 1.29 is 27.4 Å². The third kappa shape index (κ3) is 5.05. The first-order chi connectivity index (χ1) is 13.3. The number of hydrogen-bond donors (Lipinski definition) is 1. The number of anilines is 1. The number of aromatic nitrogens is 1. The lowest BCUT2D eigenvalue weighted by Gasteiger charge is -2.18. The fourth-order valence-corrected chi connectivity index (χ4v) is 2.94. The average molecular weight is 395 g/mol. The molecule has 0 bridgehead atoms. The Bertz CT molecular complexity index is 812. The molecule has 1 amide bonds. The maximum absolute atomic E-state index is 12.6. The molecule has 0 radical (unpaired) electrons. The van der Waals surface area contributed by atoms with Crippen LogP contribution in [0.25, 0.3) is 0 Å². The predicted octanol–water partition coefficient (Wildman–Crippen LogP) is 2.88. The molecule has 0 spiro atoms. The maximum atomic E-state index is 12.6. The molecule has 0 aliphatic carbocycles. The van der Waals surface area contributed by atoms with Gasteiger partial charge in [-0.3, -0.25) is 4.79 Å². The van der Waals surface area contributed by atoms with E-state index in [9.17, 15) is 18.0 Å². The van der Waals surface area contributed by atoms with Gasteiger partial charge in [-0.15, -0.1) is 0 Å². The van der Waals surface area contributed by atoms with Gasteiger partial charge in [0.15, 0.2) is 6.61 Å². The highest BCUT2D eigenvalue weighted by Gasteiger charge is 2.31. The van der Waals surface area contributed by atoms with E-state index in [4.69, 9.17) is 9.47 Å². The number of benzene rings is 1. The molecule has 1 atom stereocenters. The molecule has 6 nitrogen and oxygen atoms in total. The van der Waals surface area contributed by atoms with Gasteiger partial charge in [0.05, 0.1) is 12.7 Å². The van der Waals surface area contributed by atoms with Crippen molar-refractivity contribution in [2.75, 3.05) is 31.7 Å². The zero-order valence-electron chi connectivity index (χ0n) is 15.2. The van der Waals surface area contributed by atoms with Crippen LogP contribution in [0.15, 0.2) is 42.6 Å². The second-order valence-electron chi connectivity index (χ2n) is 6.37. The van der Waals surface area contributed by atoms with E-state index in [-0.39, 0.29) is 18.6 Å². The SMILES string of the molecule is COc1cccc(OCC(=O)NC2CCN(c3ccc(C(F)(F)F)cn3)C2)c1. The summed E-state index contributed by atoms with van der Waals surface area (Å²) in [6, 6.07) is 9.18. The number of rotatable bonds is 6. The van der Waals surface area contributed by atoms with Crippen LogP contribution in [0, 0.1) is 0 Å². The molecule has 9 heteroatoms. The number of methoxy groups -OCH3 is 1. The smallest absolute Gasteiger partial charge is 0.417 e. The van der Waals surface area contributed by atoms with Crippen molar-refractivity contribution in [1.29, 1.82) is 0 Å². The lowest BCUT2D eigenvalue weighted by atomic mass is 10.2. The lowest BCUT2D eigenvalue weighted by molar-refractivity contribution is -0.137. The standard InChI is InChI=1S/C19H20F3N3O3/c1-27-15-3-2-4-16(9-15)28-12-18(26)24-14-7-8-25(11-14)17-6-5-13(10-23-17)19(20,21)22/h2-6,9-10,14H,7-8,11-12H2,1H3,(H,24,26). The molecule has 28 heavy (non-hydrogen) atoms. The number of ether oxygens (including phenoxy) is 2. The van der Waals surface area contributed by atoms with Gasteiger partial charge >= 0.3 is 6.18 Å². The summed E-state index contributed by atoms with van der Waals surface area (Å²) in [4.78, 5) is 17.8. The number of nitrogens with zero attached hydrogens (tertiary/aromatic N) is 2. The molecule has 1 saturated heterocycles. The molecule has 3 rings (SSSR count). The summed E-state index contributed by atoms with van der Waals surface area (Å²) in [5, 5.41) is 2.87. The second kappa shape index (κ2) is 8.37. The molecular weight excluding hydrogens is 375 g/mol. The zero-order chi connectivity index (χ0) is 20.1. The monoisotopic (exact) mass is 395 g/mol. The Morgan fingerprint density at radius 3 is 2.75 bits per heavy atom. The van der Waals surface area contributed by atoms with Crippen molar-refractivity contribution in [2.24, 2.45) is 0 Å². The molecule has 2 aromatic rings. The van der Waals surface area contributed by atoms with Gasteiger partial charge in [0.1, 0.15) is 17.3 Å². The van der Waals surface area contributed by atoms with E-state index < -0.39 is 11.7 Å². The Hall–Kier alpha value is -2.97. The van der Waals surface area contributed by atoms with Crippen LogP contribution in [-0.4, -0.2) is 43.7 Å². The van der Waals surface area contributed by atoms with Crippen molar-refractivity contribution in [1.82, 2.24) is 10.3 Å². The number of hydrogen-bond acceptors (Lipinski definition) is 5. The molecule has 1 aromatic carbocycles. The van der Waals surface area contributed by atoms with Crippen LogP contribution in [0.5, 0.6) is 11.5 Å². The Labute approximate surface area is 160 Å². The summed E-state index contributed by atoms with van der Waals surface area (Å²) in [7, 11) is 1.54. The average Bonchev–Trinajstić information content (AvgIpc) is 3.14. The van der Waals surface area contributed by atoms with E-state index in [1.807, 2.05) is 4.90 Å². The summed E-state index contributed by atoms with van der Waals surface area (Å²) in [5.74, 6) is 1.34. The van der Waals surface area contributed by atoms with Gasteiger partial charge in [0.25, 0.3) is 5.91 Å². The zero-order valence-corrected chi connectivity index (χ0v) is 15.2. The Balaban J connectivity index is 1.48. The van der Waals surface area contributed by atoms with E-state index in [1.165, 1.54) is 6.07 Å². The Morgan fingerprint density at radius 1 is 1.29 bits per heavy atom. The molecule has 1 N–H and O–H groups in total. The van der Waals surface area contributed by atoms with E-state index in [2.05, 4.69) is 10.3 Å². The highest BCUT2D eigenvalue weighted by atomic mass is 19.4. The van der Waals surface area contributed by atoms with Crippen molar-refractivity contribution in [3.05, 3.63) is 48.2 Å². The highest BCUT2D eigenvalue weighted by Crippen LogP contribution is 2.30. The summed E-state index contributed by atoms with van der Waals surface area (Å²) < 4.78 is 48.4. The number of nitrogens with one attached hydrogen (secondary N) is 1. The summed E-state index contributed by atoms with van der Waals surface area (Å²) in [5.41, 5.74) is -0.782. The summed E-state index contributed by atoms with van der Waals surface area (Å²) in [6.45, 7) is 0.936. The number of carbonyl (C=O) groups is 1. The van der Waals surface area contributed by atoms with E-state index in [0.717, 1.165) is 12.3 Å². The molecular formula is C19H20F3N3O3. The number of carbonyl (C=O) groups excluding carboxylic acids is 1. The highest BCUT2D eigenvalue weighted by molar-refractivity contribution is 5.78. The van der Waals surface area contributed by atoms with Crippen LogP contribution in [-0.2, 0) is 11.0 Å². The minimum atomic E-state index is -4.41. The summed E-state index contributed by atoms with van der Waals surface area (Å²) in [6.07, 6.45) is -2.91. The van der Waals surface area contributed by atoms with Crippen LogP contribution in [0.1, 0.15) is 12.0 Å². The minimum Gasteiger partial charge on any atom is -0.497 e. The molecule has 150 valence electrons. The largest absolute Gasteiger partial charge is 0.497 e. The second-order valence-corrected chi connectivity index (χ2v) is 6.37. The number of alkyl halides is 3.